The number of thioether (sulfide) groups is 1. The van der Waals surface area contributed by atoms with Crippen LogP contribution in [0.4, 0.5) is 5.95 Å². The summed E-state index contributed by atoms with van der Waals surface area (Å²) in [5.74, 6) is 1.03. The fourth-order valence-electron chi connectivity index (χ4n) is 4.01. The van der Waals surface area contributed by atoms with Crippen LogP contribution in [-0.2, 0) is 9.53 Å². The molecule has 1 aliphatic heterocycles. The third-order valence-electron chi connectivity index (χ3n) is 5.90. The molecule has 4 rings (SSSR count). The van der Waals surface area contributed by atoms with Crippen molar-refractivity contribution in [3.05, 3.63) is 65.7 Å². The van der Waals surface area contributed by atoms with Gasteiger partial charge in [-0.2, -0.15) is 0 Å². The Labute approximate surface area is 205 Å². The lowest BCUT2D eigenvalue weighted by atomic mass is 10.1. The minimum Gasteiger partial charge on any atom is -0.378 e. The fraction of sp³-hybridized carbons (Fsp3) is 0.400. The third kappa shape index (κ3) is 5.78. The number of ether oxygens (including phenoxy) is 1. The number of aryl methyl sites for hydroxylation is 1. The number of benzene rings is 2. The van der Waals surface area contributed by atoms with Crippen molar-refractivity contribution in [1.29, 1.82) is 0 Å². The Hall–Kier alpha value is -2.88. The zero-order valence-electron chi connectivity index (χ0n) is 20.0. The number of hydrogen-bond acceptors (Lipinski definition) is 7. The van der Waals surface area contributed by atoms with E-state index in [4.69, 9.17) is 4.74 Å². The standard InChI is InChI=1S/C25H32N6O2S/c1-19-9-7-8-12-21(19)31-24(30-13-15-33-16-14-30)27-28-25(31)34-18-23(32)26-17-22(29(2)3)20-10-5-4-6-11-20/h4-12,22H,13-18H2,1-3H3,(H,26,32)/t22-/m1/s1. The molecule has 0 saturated carbocycles. The highest BCUT2D eigenvalue weighted by Gasteiger charge is 2.23. The van der Waals surface area contributed by atoms with Gasteiger partial charge < -0.3 is 19.9 Å². The number of rotatable bonds is 9. The van der Waals surface area contributed by atoms with Crippen LogP contribution in [0.1, 0.15) is 17.2 Å². The maximum atomic E-state index is 12.8. The van der Waals surface area contributed by atoms with Gasteiger partial charge in [-0.05, 0) is 38.2 Å². The van der Waals surface area contributed by atoms with E-state index < -0.39 is 0 Å². The fourth-order valence-corrected chi connectivity index (χ4v) is 4.78. The molecule has 1 N–H and O–H groups in total. The van der Waals surface area contributed by atoms with Crippen molar-refractivity contribution in [3.63, 3.8) is 0 Å². The molecule has 3 aromatic rings. The maximum Gasteiger partial charge on any atom is 0.232 e. The predicted molar refractivity (Wildman–Crippen MR) is 136 cm³/mol. The van der Waals surface area contributed by atoms with E-state index in [-0.39, 0.29) is 17.7 Å². The lowest BCUT2D eigenvalue weighted by Gasteiger charge is -2.28. The zero-order chi connectivity index (χ0) is 23.9. The summed E-state index contributed by atoms with van der Waals surface area (Å²) in [4.78, 5) is 17.1. The summed E-state index contributed by atoms with van der Waals surface area (Å²) in [5, 5.41) is 12.7. The minimum absolute atomic E-state index is 0.0277. The van der Waals surface area contributed by atoms with Crippen LogP contribution in [-0.4, -0.2) is 78.3 Å². The number of carbonyl (C=O) groups excluding carboxylic acids is 1. The highest BCUT2D eigenvalue weighted by Crippen LogP contribution is 2.28. The van der Waals surface area contributed by atoms with Crippen molar-refractivity contribution in [2.24, 2.45) is 0 Å². The van der Waals surface area contributed by atoms with Gasteiger partial charge in [-0.3, -0.25) is 9.36 Å². The van der Waals surface area contributed by atoms with Gasteiger partial charge in [-0.1, -0.05) is 60.3 Å². The van der Waals surface area contributed by atoms with Crippen molar-refractivity contribution >= 4 is 23.6 Å². The van der Waals surface area contributed by atoms with Gasteiger partial charge in [0.1, 0.15) is 0 Å². The Balaban J connectivity index is 1.46. The first kappa shape index (κ1) is 24.3. The molecule has 0 aliphatic carbocycles. The first-order chi connectivity index (χ1) is 16.5. The van der Waals surface area contributed by atoms with Gasteiger partial charge in [0.2, 0.25) is 11.9 Å². The van der Waals surface area contributed by atoms with Crippen LogP contribution in [0, 0.1) is 6.92 Å². The van der Waals surface area contributed by atoms with Gasteiger partial charge in [-0.25, -0.2) is 0 Å². The number of carbonyl (C=O) groups is 1. The second kappa shape index (κ2) is 11.5. The molecule has 0 bridgehead atoms. The average molecular weight is 481 g/mol. The van der Waals surface area contributed by atoms with Crippen LogP contribution < -0.4 is 10.2 Å². The summed E-state index contributed by atoms with van der Waals surface area (Å²) in [5.41, 5.74) is 3.32. The quantitative estimate of drug-likeness (QED) is 0.472. The zero-order valence-corrected chi connectivity index (χ0v) is 20.8. The Morgan fingerprint density at radius 2 is 1.79 bits per heavy atom. The molecule has 1 aliphatic rings. The molecule has 1 atom stereocenters. The van der Waals surface area contributed by atoms with E-state index in [2.05, 4.69) is 61.1 Å². The van der Waals surface area contributed by atoms with E-state index in [9.17, 15) is 4.79 Å². The van der Waals surface area contributed by atoms with Crippen LogP contribution in [0.3, 0.4) is 0 Å². The van der Waals surface area contributed by atoms with Crippen molar-refractivity contribution in [1.82, 2.24) is 25.0 Å². The smallest absolute Gasteiger partial charge is 0.232 e. The van der Waals surface area contributed by atoms with Crippen LogP contribution in [0.5, 0.6) is 0 Å². The first-order valence-electron chi connectivity index (χ1n) is 11.5. The van der Waals surface area contributed by atoms with Gasteiger partial charge in [0.25, 0.3) is 0 Å². The van der Waals surface area contributed by atoms with Gasteiger partial charge in [0.05, 0.1) is 30.7 Å². The van der Waals surface area contributed by atoms with Crippen molar-refractivity contribution in [3.8, 4) is 5.69 Å². The molecule has 0 radical (unpaired) electrons. The molecule has 1 amide bonds. The molecule has 1 saturated heterocycles. The molecule has 34 heavy (non-hydrogen) atoms. The summed E-state index contributed by atoms with van der Waals surface area (Å²) in [6.07, 6.45) is 0. The van der Waals surface area contributed by atoms with Gasteiger partial charge in [0, 0.05) is 19.6 Å². The number of amides is 1. The van der Waals surface area contributed by atoms with Crippen molar-refractivity contribution in [2.75, 3.05) is 57.6 Å². The Morgan fingerprint density at radius 1 is 1.09 bits per heavy atom. The normalized spacial score (nSPS) is 14.9. The van der Waals surface area contributed by atoms with Crippen molar-refractivity contribution < 1.29 is 9.53 Å². The topological polar surface area (TPSA) is 75.5 Å². The largest absolute Gasteiger partial charge is 0.378 e. The summed E-state index contributed by atoms with van der Waals surface area (Å²) >= 11 is 1.41. The predicted octanol–water partition coefficient (Wildman–Crippen LogP) is 2.92. The lowest BCUT2D eigenvalue weighted by molar-refractivity contribution is -0.118. The van der Waals surface area contributed by atoms with E-state index in [0.29, 0.717) is 24.9 Å². The van der Waals surface area contributed by atoms with Gasteiger partial charge in [0.15, 0.2) is 5.16 Å². The van der Waals surface area contributed by atoms with E-state index in [1.165, 1.54) is 17.3 Å². The van der Waals surface area contributed by atoms with Gasteiger partial charge >= 0.3 is 0 Å². The lowest BCUT2D eigenvalue weighted by Crippen LogP contribution is -2.38. The van der Waals surface area contributed by atoms with Crippen LogP contribution in [0.2, 0.25) is 0 Å². The number of morpholine rings is 1. The minimum atomic E-state index is -0.0277. The molecule has 1 aromatic heterocycles. The highest BCUT2D eigenvalue weighted by molar-refractivity contribution is 7.99. The molecular formula is C25H32N6O2S. The van der Waals surface area contributed by atoms with E-state index >= 15 is 0 Å². The molecule has 0 spiro atoms. The number of nitrogens with one attached hydrogen (secondary N) is 1. The number of para-hydroxylation sites is 1. The molecule has 2 aromatic carbocycles. The molecule has 8 nitrogen and oxygen atoms in total. The van der Waals surface area contributed by atoms with Crippen LogP contribution >= 0.6 is 11.8 Å². The van der Waals surface area contributed by atoms with Crippen LogP contribution in [0.15, 0.2) is 59.8 Å². The van der Waals surface area contributed by atoms with Crippen LogP contribution in [0.25, 0.3) is 5.69 Å². The number of likely N-dealkylation sites (N-methyl/N-ethyl adjacent to an activating group) is 1. The molecule has 2 heterocycles. The molecule has 180 valence electrons. The SMILES string of the molecule is Cc1ccccc1-n1c(SCC(=O)NC[C@H](c2ccccc2)N(C)C)nnc1N1CCOCC1. The summed E-state index contributed by atoms with van der Waals surface area (Å²) in [6.45, 7) is 5.48. The van der Waals surface area contributed by atoms with E-state index in [0.717, 1.165) is 30.3 Å². The Bertz CT molecular complexity index is 1080. The van der Waals surface area contributed by atoms with Gasteiger partial charge in [-0.15, -0.1) is 10.2 Å². The number of aromatic nitrogens is 3. The molecule has 9 heteroatoms. The van der Waals surface area contributed by atoms with E-state index in [1.807, 2.05) is 44.4 Å². The maximum absolute atomic E-state index is 12.8. The molecule has 0 unspecified atom stereocenters. The number of hydrogen-bond donors (Lipinski definition) is 1. The highest BCUT2D eigenvalue weighted by atomic mass is 32.2. The second-order valence-corrected chi connectivity index (χ2v) is 9.43. The second-order valence-electron chi connectivity index (χ2n) is 8.49. The third-order valence-corrected chi connectivity index (χ3v) is 6.83. The summed E-state index contributed by atoms with van der Waals surface area (Å²) in [7, 11) is 4.05. The monoisotopic (exact) mass is 480 g/mol. The number of nitrogens with zero attached hydrogens (tertiary/aromatic N) is 5. The first-order valence-corrected chi connectivity index (χ1v) is 12.5. The number of anilines is 1. The average Bonchev–Trinajstić information content (AvgIpc) is 3.28. The molecular weight excluding hydrogens is 448 g/mol. The summed E-state index contributed by atoms with van der Waals surface area (Å²) < 4.78 is 7.57. The Kier molecular flexibility index (Phi) is 8.21. The Morgan fingerprint density at radius 3 is 2.50 bits per heavy atom. The summed E-state index contributed by atoms with van der Waals surface area (Å²) in [6, 6.07) is 18.5. The van der Waals surface area contributed by atoms with E-state index in [1.54, 1.807) is 0 Å². The van der Waals surface area contributed by atoms with Crippen molar-refractivity contribution in [2.45, 2.75) is 18.1 Å². The molecule has 1 fully saturated rings.